The second kappa shape index (κ2) is 5.23. The van der Waals surface area contributed by atoms with E-state index in [1.807, 2.05) is 11.9 Å². The quantitative estimate of drug-likeness (QED) is 0.864. The molecule has 0 fully saturated rings. The second-order valence-corrected chi connectivity index (χ2v) is 4.60. The van der Waals surface area contributed by atoms with E-state index < -0.39 is 0 Å². The van der Waals surface area contributed by atoms with E-state index in [2.05, 4.69) is 41.2 Å². The molecule has 0 aliphatic carbocycles. The van der Waals surface area contributed by atoms with E-state index in [0.717, 1.165) is 6.54 Å². The number of nitrogens with two attached hydrogens (primary N) is 1. The highest BCUT2D eigenvalue weighted by Crippen LogP contribution is 2.21. The van der Waals surface area contributed by atoms with Crippen molar-refractivity contribution in [1.82, 2.24) is 9.97 Å². The normalized spacial score (nSPS) is 10.4. The van der Waals surface area contributed by atoms with Crippen LogP contribution in [0.2, 0.25) is 5.28 Å². The van der Waals surface area contributed by atoms with E-state index in [1.165, 1.54) is 17.3 Å². The summed E-state index contributed by atoms with van der Waals surface area (Å²) in [6.07, 6.45) is 1.52. The maximum absolute atomic E-state index is 5.84. The van der Waals surface area contributed by atoms with E-state index in [4.69, 9.17) is 17.3 Å². The Hall–Kier alpha value is -1.81. The molecule has 0 atom stereocenters. The predicted octanol–water partition coefficient (Wildman–Crippen LogP) is 2.66. The molecule has 5 heteroatoms. The predicted molar refractivity (Wildman–Crippen MR) is 74.7 cm³/mol. The van der Waals surface area contributed by atoms with Crippen LogP contribution < -0.4 is 10.6 Å². The molecule has 0 amide bonds. The van der Waals surface area contributed by atoms with E-state index in [1.54, 1.807) is 0 Å². The highest BCUT2D eigenvalue weighted by molar-refractivity contribution is 6.28. The molecule has 0 aliphatic rings. The Morgan fingerprint density at radius 2 is 1.94 bits per heavy atom. The molecule has 2 rings (SSSR count). The minimum Gasteiger partial charge on any atom is -0.394 e. The van der Waals surface area contributed by atoms with Gasteiger partial charge in [-0.3, -0.25) is 0 Å². The summed E-state index contributed by atoms with van der Waals surface area (Å²) in [6, 6.07) is 8.34. The Bertz CT molecular complexity index is 539. The third kappa shape index (κ3) is 2.90. The first kappa shape index (κ1) is 12.6. The summed E-state index contributed by atoms with van der Waals surface area (Å²) in [7, 11) is 1.93. The van der Waals surface area contributed by atoms with E-state index in [0.29, 0.717) is 11.5 Å². The first-order valence-electron chi connectivity index (χ1n) is 5.61. The van der Waals surface area contributed by atoms with Crippen LogP contribution in [0.1, 0.15) is 11.1 Å². The van der Waals surface area contributed by atoms with E-state index in [-0.39, 0.29) is 5.28 Å². The molecule has 0 aliphatic heterocycles. The average Bonchev–Trinajstić information content (AvgIpc) is 2.35. The standard InChI is InChI=1S/C13H15ClN4/c1-9-3-5-10(6-4-9)8-18(2)12-11(15)7-16-13(14)17-12/h3-7H,8,15H2,1-2H3. The van der Waals surface area contributed by atoms with Gasteiger partial charge in [0, 0.05) is 13.6 Å². The zero-order valence-electron chi connectivity index (χ0n) is 10.4. The van der Waals surface area contributed by atoms with Gasteiger partial charge < -0.3 is 10.6 Å². The van der Waals surface area contributed by atoms with Gasteiger partial charge >= 0.3 is 0 Å². The summed E-state index contributed by atoms with van der Waals surface area (Å²) in [5, 5.41) is 0.204. The number of aromatic nitrogens is 2. The zero-order valence-corrected chi connectivity index (χ0v) is 11.1. The minimum absolute atomic E-state index is 0.204. The summed E-state index contributed by atoms with van der Waals surface area (Å²) in [6.45, 7) is 2.79. The Balaban J connectivity index is 2.18. The number of hydrogen-bond donors (Lipinski definition) is 1. The van der Waals surface area contributed by atoms with Crippen molar-refractivity contribution in [3.63, 3.8) is 0 Å². The minimum atomic E-state index is 0.204. The largest absolute Gasteiger partial charge is 0.394 e. The van der Waals surface area contributed by atoms with Crippen molar-refractivity contribution in [2.75, 3.05) is 17.7 Å². The third-order valence-electron chi connectivity index (χ3n) is 2.67. The molecular formula is C13H15ClN4. The van der Waals surface area contributed by atoms with Crippen LogP contribution in [0.15, 0.2) is 30.5 Å². The van der Waals surface area contributed by atoms with Crippen molar-refractivity contribution in [3.05, 3.63) is 46.9 Å². The van der Waals surface area contributed by atoms with Crippen LogP contribution in [0.4, 0.5) is 11.5 Å². The number of aryl methyl sites for hydroxylation is 1. The van der Waals surface area contributed by atoms with Crippen LogP contribution in [0.3, 0.4) is 0 Å². The smallest absolute Gasteiger partial charge is 0.224 e. The molecule has 2 aromatic rings. The van der Waals surface area contributed by atoms with Crippen LogP contribution >= 0.6 is 11.6 Å². The van der Waals surface area contributed by atoms with E-state index >= 15 is 0 Å². The lowest BCUT2D eigenvalue weighted by atomic mass is 10.1. The zero-order chi connectivity index (χ0) is 13.1. The summed E-state index contributed by atoms with van der Waals surface area (Å²) in [5.41, 5.74) is 8.80. The van der Waals surface area contributed by atoms with Gasteiger partial charge in [-0.1, -0.05) is 29.8 Å². The average molecular weight is 263 g/mol. The van der Waals surface area contributed by atoms with Crippen LogP contribution in [-0.2, 0) is 6.54 Å². The maximum Gasteiger partial charge on any atom is 0.224 e. The fourth-order valence-corrected chi connectivity index (χ4v) is 1.84. The lowest BCUT2D eigenvalue weighted by Gasteiger charge is -2.19. The monoisotopic (exact) mass is 262 g/mol. The number of nitrogens with zero attached hydrogens (tertiary/aromatic N) is 3. The maximum atomic E-state index is 5.84. The lowest BCUT2D eigenvalue weighted by molar-refractivity contribution is 0.893. The van der Waals surface area contributed by atoms with Crippen molar-refractivity contribution >= 4 is 23.1 Å². The molecule has 2 N–H and O–H groups in total. The Morgan fingerprint density at radius 1 is 1.28 bits per heavy atom. The molecule has 4 nitrogen and oxygen atoms in total. The number of halogens is 1. The second-order valence-electron chi connectivity index (χ2n) is 4.26. The molecule has 0 radical (unpaired) electrons. The molecule has 0 bridgehead atoms. The van der Waals surface area contributed by atoms with Gasteiger partial charge in [-0.25, -0.2) is 4.98 Å². The fraction of sp³-hybridized carbons (Fsp3) is 0.231. The van der Waals surface area contributed by atoms with Crippen molar-refractivity contribution in [2.45, 2.75) is 13.5 Å². The Labute approximate surface area is 111 Å². The molecule has 1 aromatic carbocycles. The summed E-state index contributed by atoms with van der Waals surface area (Å²) >= 11 is 5.78. The van der Waals surface area contributed by atoms with Gasteiger partial charge in [0.15, 0.2) is 5.82 Å². The van der Waals surface area contributed by atoms with Crippen LogP contribution in [0, 0.1) is 6.92 Å². The first-order valence-corrected chi connectivity index (χ1v) is 5.99. The molecule has 94 valence electrons. The number of benzene rings is 1. The molecule has 18 heavy (non-hydrogen) atoms. The topological polar surface area (TPSA) is 55.0 Å². The van der Waals surface area contributed by atoms with Gasteiger partial charge in [-0.15, -0.1) is 0 Å². The van der Waals surface area contributed by atoms with Gasteiger partial charge in [0.25, 0.3) is 0 Å². The SMILES string of the molecule is Cc1ccc(CN(C)c2nc(Cl)ncc2N)cc1. The first-order chi connectivity index (χ1) is 8.56. The van der Waals surface area contributed by atoms with Crippen molar-refractivity contribution in [2.24, 2.45) is 0 Å². The number of anilines is 2. The lowest BCUT2D eigenvalue weighted by Crippen LogP contribution is -2.19. The van der Waals surface area contributed by atoms with Crippen molar-refractivity contribution in [3.8, 4) is 0 Å². The van der Waals surface area contributed by atoms with E-state index in [9.17, 15) is 0 Å². The van der Waals surface area contributed by atoms with Gasteiger partial charge in [0.2, 0.25) is 5.28 Å². The molecular weight excluding hydrogens is 248 g/mol. The van der Waals surface area contributed by atoms with Gasteiger partial charge in [-0.2, -0.15) is 4.98 Å². The molecule has 1 aromatic heterocycles. The van der Waals surface area contributed by atoms with Crippen LogP contribution in [0.25, 0.3) is 0 Å². The Kier molecular flexibility index (Phi) is 3.67. The molecule has 0 unspecified atom stereocenters. The van der Waals surface area contributed by atoms with Gasteiger partial charge in [0.05, 0.1) is 11.9 Å². The molecule has 0 saturated heterocycles. The number of hydrogen-bond acceptors (Lipinski definition) is 4. The highest BCUT2D eigenvalue weighted by Gasteiger charge is 2.09. The third-order valence-corrected chi connectivity index (χ3v) is 2.85. The molecule has 0 saturated carbocycles. The van der Waals surface area contributed by atoms with Crippen molar-refractivity contribution < 1.29 is 0 Å². The Morgan fingerprint density at radius 3 is 2.61 bits per heavy atom. The van der Waals surface area contributed by atoms with Crippen LogP contribution in [-0.4, -0.2) is 17.0 Å². The number of nitrogen functional groups attached to an aromatic ring is 1. The number of rotatable bonds is 3. The van der Waals surface area contributed by atoms with Crippen molar-refractivity contribution in [1.29, 1.82) is 0 Å². The summed E-state index contributed by atoms with van der Waals surface area (Å²) in [5.74, 6) is 0.649. The van der Waals surface area contributed by atoms with Gasteiger partial charge in [0.1, 0.15) is 0 Å². The van der Waals surface area contributed by atoms with Crippen LogP contribution in [0.5, 0.6) is 0 Å². The molecule has 0 spiro atoms. The summed E-state index contributed by atoms with van der Waals surface area (Å²) < 4.78 is 0. The molecule has 1 heterocycles. The highest BCUT2D eigenvalue weighted by atomic mass is 35.5. The summed E-state index contributed by atoms with van der Waals surface area (Å²) in [4.78, 5) is 9.94. The fourth-order valence-electron chi connectivity index (χ4n) is 1.71. The van der Waals surface area contributed by atoms with Gasteiger partial charge in [-0.05, 0) is 24.1 Å².